The molecule has 3 aromatic rings. The lowest BCUT2D eigenvalue weighted by Gasteiger charge is -2.12. The van der Waals surface area contributed by atoms with E-state index in [1.54, 1.807) is 30.3 Å². The van der Waals surface area contributed by atoms with Crippen LogP contribution in [0.5, 0.6) is 0 Å². The Morgan fingerprint density at radius 3 is 2.15 bits per heavy atom. The van der Waals surface area contributed by atoms with E-state index in [2.05, 4.69) is 10.6 Å². The van der Waals surface area contributed by atoms with E-state index in [-0.39, 0.29) is 17.6 Å². The monoisotopic (exact) mass is 348 g/mol. The van der Waals surface area contributed by atoms with Gasteiger partial charge >= 0.3 is 0 Å². The number of hydrogen-bond acceptors (Lipinski definition) is 3. The highest BCUT2D eigenvalue weighted by Gasteiger charge is 2.13. The fraction of sp³-hybridized carbons (Fsp3) is 0.143. The average molecular weight is 348 g/mol. The minimum absolute atomic E-state index is 0.217. The van der Waals surface area contributed by atoms with Gasteiger partial charge in [0.1, 0.15) is 0 Å². The van der Waals surface area contributed by atoms with E-state index < -0.39 is 0 Å². The molecule has 0 saturated carbocycles. The summed E-state index contributed by atoms with van der Waals surface area (Å²) in [6.07, 6.45) is 1.44. The van der Waals surface area contributed by atoms with Crippen molar-refractivity contribution in [1.82, 2.24) is 0 Å². The molecule has 0 radical (unpaired) electrons. The predicted molar refractivity (Wildman–Crippen MR) is 102 cm³/mol. The van der Waals surface area contributed by atoms with Crippen molar-refractivity contribution in [1.29, 1.82) is 0 Å². The topological polar surface area (TPSA) is 71.3 Å². The van der Waals surface area contributed by atoms with Gasteiger partial charge in [0.2, 0.25) is 0 Å². The molecule has 0 atom stereocenters. The molecule has 5 heteroatoms. The van der Waals surface area contributed by atoms with E-state index in [0.717, 1.165) is 22.4 Å². The van der Waals surface area contributed by atoms with Gasteiger partial charge in [-0.1, -0.05) is 18.2 Å². The second-order valence-corrected chi connectivity index (χ2v) is 6.23. The summed E-state index contributed by atoms with van der Waals surface area (Å²) in [5, 5.41) is 5.70. The minimum atomic E-state index is -0.356. The van der Waals surface area contributed by atoms with E-state index in [9.17, 15) is 9.59 Å². The summed E-state index contributed by atoms with van der Waals surface area (Å²) in [6.45, 7) is 5.78. The van der Waals surface area contributed by atoms with Crippen LogP contribution < -0.4 is 10.6 Å². The number of furan rings is 1. The summed E-state index contributed by atoms with van der Waals surface area (Å²) in [5.74, 6) is -0.368. The van der Waals surface area contributed by atoms with Crippen LogP contribution in [-0.4, -0.2) is 11.8 Å². The number of aryl methyl sites for hydroxylation is 3. The van der Waals surface area contributed by atoms with Crippen molar-refractivity contribution in [2.45, 2.75) is 20.8 Å². The quantitative estimate of drug-likeness (QED) is 0.717. The Morgan fingerprint density at radius 2 is 1.46 bits per heavy atom. The average Bonchev–Trinajstić information content (AvgIpc) is 3.14. The Morgan fingerprint density at radius 1 is 0.808 bits per heavy atom. The second-order valence-electron chi connectivity index (χ2n) is 6.23. The van der Waals surface area contributed by atoms with Crippen LogP contribution in [0.4, 0.5) is 11.4 Å². The Kier molecular flexibility index (Phi) is 4.89. The fourth-order valence-corrected chi connectivity index (χ4v) is 2.55. The summed E-state index contributed by atoms with van der Waals surface area (Å²) < 4.78 is 5.10. The van der Waals surface area contributed by atoms with Gasteiger partial charge in [-0.3, -0.25) is 9.59 Å². The molecule has 5 nitrogen and oxygen atoms in total. The lowest BCUT2D eigenvalue weighted by molar-refractivity contribution is 0.0993. The molecule has 0 aliphatic rings. The number of benzene rings is 2. The maximum absolute atomic E-state index is 12.6. The molecule has 0 aliphatic carbocycles. The van der Waals surface area contributed by atoms with Gasteiger partial charge < -0.3 is 15.1 Å². The van der Waals surface area contributed by atoms with Crippen molar-refractivity contribution in [3.05, 3.63) is 82.8 Å². The summed E-state index contributed by atoms with van der Waals surface area (Å²) in [7, 11) is 0. The number of anilines is 2. The summed E-state index contributed by atoms with van der Waals surface area (Å²) in [6, 6.07) is 14.3. The number of amides is 2. The molecule has 0 unspecified atom stereocenters. The highest BCUT2D eigenvalue weighted by molar-refractivity contribution is 6.07. The Labute approximate surface area is 152 Å². The van der Waals surface area contributed by atoms with E-state index in [1.807, 2.05) is 39.0 Å². The molecule has 26 heavy (non-hydrogen) atoms. The first-order valence-electron chi connectivity index (χ1n) is 8.28. The van der Waals surface area contributed by atoms with E-state index in [0.29, 0.717) is 11.3 Å². The fourth-order valence-electron chi connectivity index (χ4n) is 2.55. The van der Waals surface area contributed by atoms with Crippen molar-refractivity contribution in [3.8, 4) is 0 Å². The Hall–Kier alpha value is -3.34. The number of hydrogen-bond donors (Lipinski definition) is 2. The normalized spacial score (nSPS) is 10.4. The molecule has 2 amide bonds. The molecule has 0 saturated heterocycles. The van der Waals surface area contributed by atoms with E-state index >= 15 is 0 Å². The van der Waals surface area contributed by atoms with E-state index in [4.69, 9.17) is 4.42 Å². The zero-order chi connectivity index (χ0) is 18.7. The van der Waals surface area contributed by atoms with Crippen LogP contribution in [0.3, 0.4) is 0 Å². The van der Waals surface area contributed by atoms with Crippen LogP contribution in [0.2, 0.25) is 0 Å². The van der Waals surface area contributed by atoms with Gasteiger partial charge in [0.05, 0.1) is 6.26 Å². The highest BCUT2D eigenvalue weighted by Crippen LogP contribution is 2.21. The summed E-state index contributed by atoms with van der Waals surface area (Å²) in [5.41, 5.74) is 4.72. The van der Waals surface area contributed by atoms with Crippen molar-refractivity contribution >= 4 is 23.2 Å². The van der Waals surface area contributed by atoms with Crippen molar-refractivity contribution in [2.24, 2.45) is 0 Å². The van der Waals surface area contributed by atoms with Crippen LogP contribution in [0.15, 0.2) is 59.2 Å². The molecule has 0 spiro atoms. The standard InChI is InChI=1S/C21H20N2O3/c1-13-6-7-14(2)17(11-13)22-20(24)16-9-8-15(3)18(12-16)23-21(25)19-5-4-10-26-19/h4-12H,1-3H3,(H,22,24)(H,23,25). The molecule has 0 fully saturated rings. The smallest absolute Gasteiger partial charge is 0.291 e. The molecule has 3 rings (SSSR count). The van der Waals surface area contributed by atoms with Gasteiger partial charge in [-0.05, 0) is 67.8 Å². The molecule has 1 heterocycles. The SMILES string of the molecule is Cc1ccc(C)c(NC(=O)c2ccc(C)c(NC(=O)c3ccco3)c2)c1. The summed E-state index contributed by atoms with van der Waals surface area (Å²) >= 11 is 0. The lowest BCUT2D eigenvalue weighted by Crippen LogP contribution is -2.15. The molecular weight excluding hydrogens is 328 g/mol. The molecule has 2 N–H and O–H groups in total. The first kappa shape index (κ1) is 17.5. The Bertz CT molecular complexity index is 959. The van der Waals surface area contributed by atoms with Gasteiger partial charge in [-0.25, -0.2) is 0 Å². The molecule has 0 bridgehead atoms. The third kappa shape index (κ3) is 3.83. The van der Waals surface area contributed by atoms with Gasteiger partial charge in [-0.15, -0.1) is 0 Å². The molecule has 0 aliphatic heterocycles. The molecular formula is C21H20N2O3. The second kappa shape index (κ2) is 7.27. The van der Waals surface area contributed by atoms with Crippen molar-refractivity contribution in [2.75, 3.05) is 10.6 Å². The number of carbonyl (C=O) groups excluding carboxylic acids is 2. The number of carbonyl (C=O) groups is 2. The zero-order valence-electron chi connectivity index (χ0n) is 14.9. The molecule has 1 aromatic heterocycles. The van der Waals surface area contributed by atoms with E-state index in [1.165, 1.54) is 6.26 Å². The van der Waals surface area contributed by atoms with Gasteiger partial charge in [0.25, 0.3) is 11.8 Å². The first-order chi connectivity index (χ1) is 12.4. The Balaban J connectivity index is 1.81. The zero-order valence-corrected chi connectivity index (χ0v) is 14.9. The maximum Gasteiger partial charge on any atom is 0.291 e. The number of nitrogens with one attached hydrogen (secondary N) is 2. The maximum atomic E-state index is 12.6. The largest absolute Gasteiger partial charge is 0.459 e. The minimum Gasteiger partial charge on any atom is -0.459 e. The van der Waals surface area contributed by atoms with Crippen molar-refractivity contribution in [3.63, 3.8) is 0 Å². The number of rotatable bonds is 4. The summed E-state index contributed by atoms with van der Waals surface area (Å²) in [4.78, 5) is 24.8. The van der Waals surface area contributed by atoms with Crippen LogP contribution in [-0.2, 0) is 0 Å². The van der Waals surface area contributed by atoms with Gasteiger partial charge in [-0.2, -0.15) is 0 Å². The van der Waals surface area contributed by atoms with Crippen LogP contribution in [0.25, 0.3) is 0 Å². The molecule has 2 aromatic carbocycles. The predicted octanol–water partition coefficient (Wildman–Crippen LogP) is 4.71. The third-order valence-electron chi connectivity index (χ3n) is 4.13. The van der Waals surface area contributed by atoms with Crippen LogP contribution in [0.1, 0.15) is 37.6 Å². The van der Waals surface area contributed by atoms with Crippen molar-refractivity contribution < 1.29 is 14.0 Å². The van der Waals surface area contributed by atoms with Gasteiger partial charge in [0, 0.05) is 16.9 Å². The van der Waals surface area contributed by atoms with Crippen LogP contribution >= 0.6 is 0 Å². The van der Waals surface area contributed by atoms with Gasteiger partial charge in [0.15, 0.2) is 5.76 Å². The molecule has 132 valence electrons. The lowest BCUT2D eigenvalue weighted by atomic mass is 10.1. The first-order valence-corrected chi connectivity index (χ1v) is 8.28. The highest BCUT2D eigenvalue weighted by atomic mass is 16.3. The van der Waals surface area contributed by atoms with Crippen LogP contribution in [0, 0.1) is 20.8 Å². The third-order valence-corrected chi connectivity index (χ3v) is 4.13.